The second-order valence-electron chi connectivity index (χ2n) is 2.72. The number of carbonyl (C=O) groups excluding carboxylic acids is 1. The molecule has 0 saturated carbocycles. The van der Waals surface area contributed by atoms with Crippen LogP contribution in [-0.4, -0.2) is 18.2 Å². The fraction of sp³-hybridized carbons (Fsp3) is 0.222. The maximum Gasteiger partial charge on any atom is 0.339 e. The van der Waals surface area contributed by atoms with Gasteiger partial charge in [-0.15, -0.1) is 0 Å². The van der Waals surface area contributed by atoms with Crippen molar-refractivity contribution in [1.82, 2.24) is 0 Å². The third kappa shape index (κ3) is 2.51. The molecule has 0 aliphatic heterocycles. The van der Waals surface area contributed by atoms with Crippen molar-refractivity contribution < 1.29 is 23.4 Å². The molecule has 0 fully saturated rings. The van der Waals surface area contributed by atoms with E-state index in [9.17, 15) is 18.7 Å². The van der Waals surface area contributed by atoms with E-state index < -0.39 is 29.3 Å². The number of benzene rings is 1. The number of aliphatic hydroxyl groups excluding tert-OH is 1. The molecule has 0 heterocycles. The van der Waals surface area contributed by atoms with Gasteiger partial charge in [0.2, 0.25) is 0 Å². The largest absolute Gasteiger partial charge is 0.467 e. The normalized spacial score (nSPS) is 12.3. The molecule has 3 nitrogen and oxygen atoms in total. The quantitative estimate of drug-likeness (QED) is 0.665. The fourth-order valence-electron chi connectivity index (χ4n) is 1.01. The van der Waals surface area contributed by atoms with Gasteiger partial charge in [0.25, 0.3) is 0 Å². The highest BCUT2D eigenvalue weighted by atomic mass is 79.9. The number of ether oxygens (including phenoxy) is 1. The van der Waals surface area contributed by atoms with Gasteiger partial charge in [-0.3, -0.25) is 0 Å². The van der Waals surface area contributed by atoms with E-state index in [0.29, 0.717) is 0 Å². The minimum absolute atomic E-state index is 0.166. The van der Waals surface area contributed by atoms with E-state index in [1.54, 1.807) is 0 Å². The van der Waals surface area contributed by atoms with E-state index in [4.69, 9.17) is 0 Å². The Kier molecular flexibility index (Phi) is 3.76. The first kappa shape index (κ1) is 12.1. The molecule has 0 aromatic heterocycles. The molecule has 0 bridgehead atoms. The molecule has 0 spiro atoms. The number of aliphatic hydroxyl groups is 1. The van der Waals surface area contributed by atoms with Gasteiger partial charge in [0.15, 0.2) is 6.10 Å². The summed E-state index contributed by atoms with van der Waals surface area (Å²) >= 11 is 2.76. The maximum atomic E-state index is 13.3. The molecule has 0 amide bonds. The van der Waals surface area contributed by atoms with Crippen molar-refractivity contribution in [1.29, 1.82) is 0 Å². The lowest BCUT2D eigenvalue weighted by atomic mass is 10.1. The monoisotopic (exact) mass is 280 g/mol. The van der Waals surface area contributed by atoms with Gasteiger partial charge in [0.1, 0.15) is 11.6 Å². The lowest BCUT2D eigenvalue weighted by Crippen LogP contribution is -2.15. The highest BCUT2D eigenvalue weighted by molar-refractivity contribution is 9.10. The molecular weight excluding hydrogens is 274 g/mol. The predicted octanol–water partition coefficient (Wildman–Crippen LogP) is 1.93. The Labute approximate surface area is 92.8 Å². The molecule has 1 rings (SSSR count). The topological polar surface area (TPSA) is 46.5 Å². The zero-order valence-electron chi connectivity index (χ0n) is 7.63. The summed E-state index contributed by atoms with van der Waals surface area (Å²) in [5, 5.41) is 9.32. The molecule has 1 aromatic carbocycles. The molecule has 1 atom stereocenters. The minimum atomic E-state index is -1.83. The predicted molar refractivity (Wildman–Crippen MR) is 51.0 cm³/mol. The molecule has 15 heavy (non-hydrogen) atoms. The van der Waals surface area contributed by atoms with Gasteiger partial charge in [0, 0.05) is 5.56 Å². The van der Waals surface area contributed by atoms with Gasteiger partial charge in [-0.05, 0) is 28.1 Å². The first-order valence-electron chi connectivity index (χ1n) is 3.87. The third-order valence-electron chi connectivity index (χ3n) is 1.74. The molecule has 0 radical (unpaired) electrons. The second kappa shape index (κ2) is 4.67. The van der Waals surface area contributed by atoms with Gasteiger partial charge >= 0.3 is 5.97 Å². The lowest BCUT2D eigenvalue weighted by molar-refractivity contribution is -0.150. The number of rotatable bonds is 2. The third-order valence-corrected chi connectivity index (χ3v) is 2.32. The highest BCUT2D eigenvalue weighted by Gasteiger charge is 2.23. The number of halogens is 3. The van der Waals surface area contributed by atoms with Crippen molar-refractivity contribution in [2.24, 2.45) is 0 Å². The van der Waals surface area contributed by atoms with Crippen LogP contribution >= 0.6 is 15.9 Å². The molecule has 0 saturated heterocycles. The second-order valence-corrected chi connectivity index (χ2v) is 3.57. The average molecular weight is 281 g/mol. The summed E-state index contributed by atoms with van der Waals surface area (Å²) in [5.74, 6) is -2.71. The van der Waals surface area contributed by atoms with Crippen molar-refractivity contribution in [2.75, 3.05) is 7.11 Å². The summed E-state index contributed by atoms with van der Waals surface area (Å²) in [4.78, 5) is 10.9. The van der Waals surface area contributed by atoms with Gasteiger partial charge in [0.05, 0.1) is 11.6 Å². The van der Waals surface area contributed by atoms with Crippen molar-refractivity contribution in [3.63, 3.8) is 0 Å². The van der Waals surface area contributed by atoms with Crippen LogP contribution in [0.4, 0.5) is 8.78 Å². The van der Waals surface area contributed by atoms with Crippen LogP contribution in [0.5, 0.6) is 0 Å². The Balaban J connectivity index is 3.19. The fourth-order valence-corrected chi connectivity index (χ4v) is 1.46. The Morgan fingerprint density at radius 1 is 1.53 bits per heavy atom. The average Bonchev–Trinajstić information content (AvgIpc) is 2.21. The van der Waals surface area contributed by atoms with Crippen molar-refractivity contribution in [2.45, 2.75) is 6.10 Å². The highest BCUT2D eigenvalue weighted by Crippen LogP contribution is 2.26. The van der Waals surface area contributed by atoms with Crippen molar-refractivity contribution >= 4 is 21.9 Å². The zero-order valence-corrected chi connectivity index (χ0v) is 9.22. The summed E-state index contributed by atoms with van der Waals surface area (Å²) in [7, 11) is 1.04. The molecule has 0 aliphatic rings. The molecule has 0 aliphatic carbocycles. The SMILES string of the molecule is COC(=O)C(O)c1cc(F)cc(Br)c1F. The van der Waals surface area contributed by atoms with Gasteiger partial charge < -0.3 is 9.84 Å². The summed E-state index contributed by atoms with van der Waals surface area (Å²) < 4.78 is 30.3. The van der Waals surface area contributed by atoms with E-state index in [2.05, 4.69) is 20.7 Å². The van der Waals surface area contributed by atoms with Crippen molar-refractivity contribution in [3.05, 3.63) is 33.8 Å². The molecule has 6 heteroatoms. The van der Waals surface area contributed by atoms with Crippen LogP contribution in [0, 0.1) is 11.6 Å². The van der Waals surface area contributed by atoms with E-state index in [0.717, 1.165) is 19.2 Å². The first-order valence-corrected chi connectivity index (χ1v) is 4.67. The van der Waals surface area contributed by atoms with Crippen LogP contribution < -0.4 is 0 Å². The van der Waals surface area contributed by atoms with E-state index in [-0.39, 0.29) is 4.47 Å². The van der Waals surface area contributed by atoms with Crippen LogP contribution in [0.3, 0.4) is 0 Å². The standard InChI is InChI=1S/C9H7BrF2O3/c1-15-9(14)8(13)5-2-4(11)3-6(10)7(5)12/h2-3,8,13H,1H3. The number of esters is 1. The van der Waals surface area contributed by atoms with Gasteiger partial charge in [-0.2, -0.15) is 0 Å². The van der Waals surface area contributed by atoms with Gasteiger partial charge in [-0.25, -0.2) is 13.6 Å². The van der Waals surface area contributed by atoms with Crippen LogP contribution in [-0.2, 0) is 9.53 Å². The van der Waals surface area contributed by atoms with Crippen LogP contribution in [0.1, 0.15) is 11.7 Å². The minimum Gasteiger partial charge on any atom is -0.467 e. The number of carbonyl (C=O) groups is 1. The molecular formula is C9H7BrF2O3. The molecule has 82 valence electrons. The Morgan fingerprint density at radius 3 is 2.67 bits per heavy atom. The Morgan fingerprint density at radius 2 is 2.13 bits per heavy atom. The molecule has 1 aromatic rings. The summed E-state index contributed by atoms with van der Waals surface area (Å²) in [6, 6.07) is 1.63. The van der Waals surface area contributed by atoms with Crippen molar-refractivity contribution in [3.8, 4) is 0 Å². The first-order chi connectivity index (χ1) is 6.97. The summed E-state index contributed by atoms with van der Waals surface area (Å²) in [6.07, 6.45) is -1.83. The van der Waals surface area contributed by atoms with Gasteiger partial charge in [-0.1, -0.05) is 0 Å². The molecule has 1 unspecified atom stereocenters. The number of hydrogen-bond acceptors (Lipinski definition) is 3. The Hall–Kier alpha value is -1.01. The Bertz CT molecular complexity index is 395. The van der Waals surface area contributed by atoms with E-state index >= 15 is 0 Å². The smallest absolute Gasteiger partial charge is 0.339 e. The number of hydrogen-bond donors (Lipinski definition) is 1. The maximum absolute atomic E-state index is 13.3. The van der Waals surface area contributed by atoms with Crippen LogP contribution in [0.25, 0.3) is 0 Å². The molecule has 1 N–H and O–H groups in total. The zero-order chi connectivity index (χ0) is 11.6. The summed E-state index contributed by atoms with van der Waals surface area (Å²) in [6.45, 7) is 0. The van der Waals surface area contributed by atoms with E-state index in [1.165, 1.54) is 0 Å². The van der Waals surface area contributed by atoms with E-state index in [1.807, 2.05) is 0 Å². The van der Waals surface area contributed by atoms with Crippen LogP contribution in [0.15, 0.2) is 16.6 Å². The lowest BCUT2D eigenvalue weighted by Gasteiger charge is -2.10. The summed E-state index contributed by atoms with van der Waals surface area (Å²) in [5.41, 5.74) is -0.464. The van der Waals surface area contributed by atoms with Crippen LogP contribution in [0.2, 0.25) is 0 Å². The number of methoxy groups -OCH3 is 1.